The molecule has 0 aliphatic carbocycles. The topological polar surface area (TPSA) is 190 Å². The van der Waals surface area contributed by atoms with Gasteiger partial charge in [-0.15, -0.1) is 0 Å². The number of ketones is 2. The summed E-state index contributed by atoms with van der Waals surface area (Å²) < 4.78 is 0. The number of rotatable bonds is 8. The highest BCUT2D eigenvalue weighted by molar-refractivity contribution is 5.94. The monoisotopic (exact) mass is 324 g/mol. The summed E-state index contributed by atoms with van der Waals surface area (Å²) in [5.74, 6) is -1.60. The molecule has 128 valence electrons. The first-order chi connectivity index (χ1) is 9.96. The van der Waals surface area contributed by atoms with Gasteiger partial charge in [-0.05, 0) is 13.8 Å². The minimum atomic E-state index is -2.36. The second-order valence-electron chi connectivity index (χ2n) is 4.50. The molecule has 0 saturated carbocycles. The first-order valence-electron chi connectivity index (χ1n) is 5.92. The lowest BCUT2D eigenvalue weighted by Crippen LogP contribution is -2.54. The summed E-state index contributed by atoms with van der Waals surface area (Å²) in [5, 5.41) is 52.5. The van der Waals surface area contributed by atoms with Gasteiger partial charge < -0.3 is 35.4 Å². The second kappa shape index (κ2) is 9.46. The highest BCUT2D eigenvalue weighted by atomic mass is 16.4. The van der Waals surface area contributed by atoms with E-state index in [1.165, 1.54) is 0 Å². The Balaban J connectivity index is 0. The molecule has 0 radical (unpaired) electrons. The van der Waals surface area contributed by atoms with E-state index in [9.17, 15) is 24.3 Å². The Hall–Kier alpha value is -1.56. The van der Waals surface area contributed by atoms with Crippen molar-refractivity contribution in [2.45, 2.75) is 37.3 Å². The minimum Gasteiger partial charge on any atom is -0.393 e. The predicted molar refractivity (Wildman–Crippen MR) is 69.6 cm³/mol. The molecule has 6 N–H and O–H groups in total. The maximum Gasteiger partial charge on any atom is 0.178 e. The SMILES string of the molecule is CC(=O)C(O)C(O)(CO)C(C)=O.O=CC(O)C(O)(C=O)CO. The Bertz CT molecular complexity index is 409. The van der Waals surface area contributed by atoms with Crippen LogP contribution in [0.15, 0.2) is 0 Å². The number of aldehydes is 2. The van der Waals surface area contributed by atoms with Crippen molar-refractivity contribution in [3.05, 3.63) is 0 Å². The van der Waals surface area contributed by atoms with Gasteiger partial charge in [0.2, 0.25) is 0 Å². The van der Waals surface area contributed by atoms with Crippen LogP contribution in [0.1, 0.15) is 13.8 Å². The molecule has 0 fully saturated rings. The van der Waals surface area contributed by atoms with Gasteiger partial charge in [0.05, 0.1) is 13.2 Å². The van der Waals surface area contributed by atoms with E-state index in [0.717, 1.165) is 13.8 Å². The molecule has 0 amide bonds. The Labute approximate surface area is 125 Å². The largest absolute Gasteiger partial charge is 0.393 e. The molecule has 0 spiro atoms. The van der Waals surface area contributed by atoms with Gasteiger partial charge >= 0.3 is 0 Å². The van der Waals surface area contributed by atoms with Crippen LogP contribution in [0.4, 0.5) is 0 Å². The van der Waals surface area contributed by atoms with Crippen LogP contribution in [-0.2, 0) is 19.2 Å². The van der Waals surface area contributed by atoms with Gasteiger partial charge in [-0.3, -0.25) is 14.4 Å². The van der Waals surface area contributed by atoms with Crippen molar-refractivity contribution in [1.29, 1.82) is 0 Å². The van der Waals surface area contributed by atoms with Crippen LogP contribution in [-0.4, -0.2) is 91.4 Å². The van der Waals surface area contributed by atoms with Crippen molar-refractivity contribution in [2.75, 3.05) is 13.2 Å². The minimum absolute atomic E-state index is 0.0232. The zero-order chi connectivity index (χ0) is 18.1. The van der Waals surface area contributed by atoms with Crippen LogP contribution in [0, 0.1) is 0 Å². The Morgan fingerprint density at radius 3 is 1.59 bits per heavy atom. The number of aliphatic hydroxyl groups excluding tert-OH is 4. The molecule has 10 heteroatoms. The average Bonchev–Trinajstić information content (AvgIpc) is 2.51. The lowest BCUT2D eigenvalue weighted by Gasteiger charge is -2.26. The molecule has 0 bridgehead atoms. The molecule has 0 aromatic carbocycles. The molecule has 0 rings (SSSR count). The smallest absolute Gasteiger partial charge is 0.178 e. The van der Waals surface area contributed by atoms with E-state index in [1.54, 1.807) is 0 Å². The average molecular weight is 324 g/mol. The van der Waals surface area contributed by atoms with Crippen molar-refractivity contribution in [2.24, 2.45) is 0 Å². The normalized spacial score (nSPS) is 18.5. The van der Waals surface area contributed by atoms with Crippen molar-refractivity contribution in [3.8, 4) is 0 Å². The Kier molecular flexibility index (Phi) is 9.76. The molecular weight excluding hydrogens is 304 g/mol. The van der Waals surface area contributed by atoms with E-state index < -0.39 is 48.2 Å². The van der Waals surface area contributed by atoms with Crippen molar-refractivity contribution in [3.63, 3.8) is 0 Å². The van der Waals surface area contributed by atoms with Gasteiger partial charge in [-0.25, -0.2) is 0 Å². The van der Waals surface area contributed by atoms with Gasteiger partial charge in [0, 0.05) is 0 Å². The molecule has 0 aromatic rings. The molecule has 0 aliphatic rings. The predicted octanol–water partition coefficient (Wildman–Crippen LogP) is -4.28. The second-order valence-corrected chi connectivity index (χ2v) is 4.50. The summed E-state index contributed by atoms with van der Waals surface area (Å²) in [6.45, 7) is 0.0656. The number of carbonyl (C=O) groups is 4. The lowest BCUT2D eigenvalue weighted by atomic mass is 9.91. The molecule has 0 saturated heterocycles. The third kappa shape index (κ3) is 5.67. The summed E-state index contributed by atoms with van der Waals surface area (Å²) in [5.41, 5.74) is -4.70. The first kappa shape index (κ1) is 22.7. The van der Waals surface area contributed by atoms with E-state index in [0.29, 0.717) is 0 Å². The molecule has 0 heterocycles. The van der Waals surface area contributed by atoms with Gasteiger partial charge in [0.15, 0.2) is 35.3 Å². The fraction of sp³-hybridized carbons (Fsp3) is 0.667. The third-order valence-electron chi connectivity index (χ3n) is 2.79. The van der Waals surface area contributed by atoms with Crippen LogP contribution < -0.4 is 0 Å². The standard InChI is InChI=1S/C7H12O5.C5H8O5/c1-4(9)6(11)7(12,3-8)5(2)10;6-1-4(9)5(10,2-7)3-8/h6,8,11-12H,3H2,1-2H3;1-2,4,8-10H,3H2. The number of hydrogen-bond acceptors (Lipinski definition) is 10. The van der Waals surface area contributed by atoms with Crippen molar-refractivity contribution in [1.82, 2.24) is 0 Å². The van der Waals surface area contributed by atoms with Crippen LogP contribution in [0.25, 0.3) is 0 Å². The lowest BCUT2D eigenvalue weighted by molar-refractivity contribution is -0.163. The van der Waals surface area contributed by atoms with E-state index in [2.05, 4.69) is 0 Å². The van der Waals surface area contributed by atoms with Crippen LogP contribution in [0.3, 0.4) is 0 Å². The van der Waals surface area contributed by atoms with E-state index in [-0.39, 0.29) is 12.6 Å². The number of Topliss-reactive ketones (excluding diaryl/α,β-unsaturated/α-hetero) is 2. The van der Waals surface area contributed by atoms with Gasteiger partial charge in [-0.1, -0.05) is 0 Å². The van der Waals surface area contributed by atoms with E-state index >= 15 is 0 Å². The van der Waals surface area contributed by atoms with Crippen LogP contribution in [0.5, 0.6) is 0 Å². The molecule has 4 unspecified atom stereocenters. The zero-order valence-electron chi connectivity index (χ0n) is 12.0. The van der Waals surface area contributed by atoms with E-state index in [4.69, 9.17) is 25.5 Å². The fourth-order valence-electron chi connectivity index (χ4n) is 1.04. The highest BCUT2D eigenvalue weighted by Gasteiger charge is 2.42. The Morgan fingerprint density at radius 1 is 1.05 bits per heavy atom. The maximum absolute atomic E-state index is 10.7. The summed E-state index contributed by atoms with van der Waals surface area (Å²) in [6.07, 6.45) is -3.83. The van der Waals surface area contributed by atoms with E-state index in [1.807, 2.05) is 0 Å². The molecule has 10 nitrogen and oxygen atoms in total. The quantitative estimate of drug-likeness (QED) is 0.238. The van der Waals surface area contributed by atoms with Gasteiger partial charge in [0.1, 0.15) is 12.2 Å². The molecule has 4 atom stereocenters. The molecule has 22 heavy (non-hydrogen) atoms. The summed E-state index contributed by atoms with van der Waals surface area (Å²) >= 11 is 0. The zero-order valence-corrected chi connectivity index (χ0v) is 12.0. The van der Waals surface area contributed by atoms with Crippen LogP contribution >= 0.6 is 0 Å². The number of aliphatic hydroxyl groups is 6. The highest BCUT2D eigenvalue weighted by Crippen LogP contribution is 2.12. The van der Waals surface area contributed by atoms with Crippen molar-refractivity contribution < 1.29 is 49.8 Å². The molecule has 0 aliphatic heterocycles. The number of hydrogen-bond donors (Lipinski definition) is 6. The molecular formula is C12H20O10. The van der Waals surface area contributed by atoms with Gasteiger partial charge in [-0.2, -0.15) is 0 Å². The van der Waals surface area contributed by atoms with Crippen molar-refractivity contribution >= 4 is 24.1 Å². The summed E-state index contributed by atoms with van der Waals surface area (Å²) in [7, 11) is 0. The molecule has 0 aromatic heterocycles. The van der Waals surface area contributed by atoms with Crippen LogP contribution in [0.2, 0.25) is 0 Å². The number of carbonyl (C=O) groups excluding carboxylic acids is 4. The fourth-order valence-corrected chi connectivity index (χ4v) is 1.04. The maximum atomic E-state index is 10.7. The Morgan fingerprint density at radius 2 is 1.50 bits per heavy atom. The third-order valence-corrected chi connectivity index (χ3v) is 2.79. The summed E-state index contributed by atoms with van der Waals surface area (Å²) in [4.78, 5) is 41.0. The summed E-state index contributed by atoms with van der Waals surface area (Å²) in [6, 6.07) is 0. The first-order valence-corrected chi connectivity index (χ1v) is 5.92. The van der Waals surface area contributed by atoms with Gasteiger partial charge in [0.25, 0.3) is 0 Å².